The second kappa shape index (κ2) is 5.22. The summed E-state index contributed by atoms with van der Waals surface area (Å²) in [5, 5.41) is 7.50. The van der Waals surface area contributed by atoms with Crippen LogP contribution in [0.15, 0.2) is 52.9 Å². The Kier molecular flexibility index (Phi) is 3.05. The lowest BCUT2D eigenvalue weighted by Gasteiger charge is -2.10. The van der Waals surface area contributed by atoms with Crippen molar-refractivity contribution in [1.82, 2.24) is 14.8 Å². The molecule has 26 heavy (non-hydrogen) atoms. The number of rotatable bonds is 1. The number of pyridine rings is 1. The van der Waals surface area contributed by atoms with Gasteiger partial charge in [0.2, 0.25) is 0 Å². The molecule has 1 aliphatic heterocycles. The summed E-state index contributed by atoms with van der Waals surface area (Å²) in [4.78, 5) is 5.21. The van der Waals surface area contributed by atoms with Gasteiger partial charge < -0.3 is 5.73 Å². The zero-order valence-corrected chi connectivity index (χ0v) is 14.5. The van der Waals surface area contributed by atoms with Crippen LogP contribution in [0.5, 0.6) is 0 Å². The average molecular weight is 364 g/mol. The van der Waals surface area contributed by atoms with E-state index in [1.807, 2.05) is 25.1 Å². The van der Waals surface area contributed by atoms with Gasteiger partial charge in [-0.3, -0.25) is 4.98 Å². The maximum atomic E-state index is 13.6. The third-order valence-electron chi connectivity index (χ3n) is 4.64. The fraction of sp³-hybridized carbons (Fsp3) is 0.0526. The molecule has 0 aliphatic carbocycles. The number of nitrogen functional groups attached to an aromatic ring is 1. The van der Waals surface area contributed by atoms with Crippen molar-refractivity contribution < 1.29 is 8.60 Å². The van der Waals surface area contributed by atoms with Crippen LogP contribution >= 0.6 is 0 Å². The molecular formula is C19H13FN4OS. The molecule has 5 rings (SSSR count). The molecule has 0 fully saturated rings. The Morgan fingerprint density at radius 2 is 2.00 bits per heavy atom. The molecule has 3 heterocycles. The Labute approximate surface area is 150 Å². The van der Waals surface area contributed by atoms with E-state index in [2.05, 4.69) is 10.1 Å². The predicted octanol–water partition coefficient (Wildman–Crippen LogP) is 3.78. The summed E-state index contributed by atoms with van der Waals surface area (Å²) in [5.74, 6) is -0.107. The van der Waals surface area contributed by atoms with E-state index in [0.29, 0.717) is 10.9 Å². The van der Waals surface area contributed by atoms with Crippen LogP contribution in [-0.4, -0.2) is 19.0 Å². The molecule has 2 aromatic carbocycles. The van der Waals surface area contributed by atoms with E-state index in [9.17, 15) is 8.60 Å². The van der Waals surface area contributed by atoms with Crippen molar-refractivity contribution in [2.24, 2.45) is 0 Å². The van der Waals surface area contributed by atoms with Crippen molar-refractivity contribution in [2.75, 3.05) is 5.73 Å². The number of halogens is 1. The van der Waals surface area contributed by atoms with E-state index in [1.165, 1.54) is 12.1 Å². The number of nitrogens with zero attached hydrogens (tertiary/aromatic N) is 3. The summed E-state index contributed by atoms with van der Waals surface area (Å²) in [6.07, 6.45) is 1.70. The minimum absolute atomic E-state index is 0.256. The van der Waals surface area contributed by atoms with Crippen LogP contribution in [0.1, 0.15) is 12.5 Å². The number of aromatic nitrogens is 3. The zero-order valence-electron chi connectivity index (χ0n) is 13.7. The van der Waals surface area contributed by atoms with Crippen molar-refractivity contribution >= 4 is 44.0 Å². The quantitative estimate of drug-likeness (QED) is 0.558. The molecule has 2 aromatic heterocycles. The molecule has 0 saturated carbocycles. The number of fused-ring (bicyclic) bond motifs is 3. The van der Waals surface area contributed by atoms with E-state index < -0.39 is 10.8 Å². The second-order valence-electron chi connectivity index (χ2n) is 6.25. The number of allylic oxidation sites excluding steroid dienone is 1. The van der Waals surface area contributed by atoms with Gasteiger partial charge in [0, 0.05) is 22.4 Å². The van der Waals surface area contributed by atoms with Gasteiger partial charge in [0.1, 0.15) is 5.82 Å². The SMILES string of the molecule is CC1=CS(=O)c2cc3c(-n4nc(N)c5cc(F)ccc54)ccnc3cc21. The number of benzene rings is 2. The smallest absolute Gasteiger partial charge is 0.153 e. The summed E-state index contributed by atoms with van der Waals surface area (Å²) < 4.78 is 27.6. The lowest BCUT2D eigenvalue weighted by atomic mass is 10.1. The van der Waals surface area contributed by atoms with E-state index in [0.717, 1.165) is 32.6 Å². The van der Waals surface area contributed by atoms with Gasteiger partial charge in [-0.2, -0.15) is 0 Å². The number of hydrogen-bond acceptors (Lipinski definition) is 4. The maximum Gasteiger partial charge on any atom is 0.153 e. The molecule has 2 N–H and O–H groups in total. The highest BCUT2D eigenvalue weighted by Gasteiger charge is 2.20. The first-order chi connectivity index (χ1) is 12.5. The molecule has 1 aliphatic rings. The molecule has 7 heteroatoms. The first-order valence-corrected chi connectivity index (χ1v) is 9.20. The van der Waals surface area contributed by atoms with Crippen LogP contribution in [0.2, 0.25) is 0 Å². The molecule has 0 saturated heterocycles. The lowest BCUT2D eigenvalue weighted by molar-refractivity contribution is 0.629. The molecule has 0 spiro atoms. The summed E-state index contributed by atoms with van der Waals surface area (Å²) >= 11 is 0. The van der Waals surface area contributed by atoms with Gasteiger partial charge in [-0.1, -0.05) is 0 Å². The highest BCUT2D eigenvalue weighted by molar-refractivity contribution is 7.88. The van der Waals surface area contributed by atoms with Crippen LogP contribution in [0.25, 0.3) is 33.1 Å². The summed E-state index contributed by atoms with van der Waals surface area (Å²) in [5.41, 5.74) is 10.2. The van der Waals surface area contributed by atoms with Gasteiger partial charge in [0.05, 0.1) is 32.4 Å². The third kappa shape index (κ3) is 2.04. The van der Waals surface area contributed by atoms with Gasteiger partial charge in [-0.15, -0.1) is 5.10 Å². The number of anilines is 1. The first kappa shape index (κ1) is 15.2. The van der Waals surface area contributed by atoms with Crippen LogP contribution < -0.4 is 5.73 Å². The minimum atomic E-state index is -1.17. The van der Waals surface area contributed by atoms with Crippen molar-refractivity contribution in [3.63, 3.8) is 0 Å². The Hall–Kier alpha value is -3.06. The Morgan fingerprint density at radius 3 is 2.85 bits per heavy atom. The standard InChI is InChI=1S/C19H13FN4OS/c1-10-9-26(25)18-8-13-15(7-12(10)18)22-5-4-17(13)24-16-3-2-11(20)6-14(16)19(21)23-24/h2-9H,1H3,(H2,21,23). The summed E-state index contributed by atoms with van der Waals surface area (Å²) in [6.45, 7) is 1.94. The van der Waals surface area contributed by atoms with Crippen LogP contribution in [0.3, 0.4) is 0 Å². The summed E-state index contributed by atoms with van der Waals surface area (Å²) in [7, 11) is -1.17. The van der Waals surface area contributed by atoms with Crippen molar-refractivity contribution in [3.05, 3.63) is 59.4 Å². The molecule has 128 valence electrons. The first-order valence-electron chi connectivity index (χ1n) is 7.99. The molecule has 0 radical (unpaired) electrons. The fourth-order valence-corrected chi connectivity index (χ4v) is 4.65. The highest BCUT2D eigenvalue weighted by atomic mass is 32.2. The summed E-state index contributed by atoms with van der Waals surface area (Å²) in [6, 6.07) is 10.1. The normalized spacial score (nSPS) is 16.2. The third-order valence-corrected chi connectivity index (χ3v) is 5.98. The van der Waals surface area contributed by atoms with Gasteiger partial charge in [-0.25, -0.2) is 13.3 Å². The Bertz CT molecular complexity index is 1290. The molecular weight excluding hydrogens is 351 g/mol. The van der Waals surface area contributed by atoms with Crippen LogP contribution in [-0.2, 0) is 10.8 Å². The molecule has 1 atom stereocenters. The van der Waals surface area contributed by atoms with Gasteiger partial charge in [0.25, 0.3) is 0 Å². The van der Waals surface area contributed by atoms with Crippen LogP contribution in [0, 0.1) is 5.82 Å². The zero-order chi connectivity index (χ0) is 18.0. The Morgan fingerprint density at radius 1 is 1.15 bits per heavy atom. The second-order valence-corrected chi connectivity index (χ2v) is 7.52. The van der Waals surface area contributed by atoms with Crippen molar-refractivity contribution in [3.8, 4) is 5.69 Å². The van der Waals surface area contributed by atoms with Gasteiger partial charge >= 0.3 is 0 Å². The number of hydrogen-bond donors (Lipinski definition) is 1. The largest absolute Gasteiger partial charge is 0.382 e. The van der Waals surface area contributed by atoms with E-state index in [-0.39, 0.29) is 11.6 Å². The van der Waals surface area contributed by atoms with Gasteiger partial charge in [0.15, 0.2) is 5.82 Å². The molecule has 4 aromatic rings. The molecule has 0 amide bonds. The van der Waals surface area contributed by atoms with E-state index in [4.69, 9.17) is 5.73 Å². The topological polar surface area (TPSA) is 73.8 Å². The minimum Gasteiger partial charge on any atom is -0.382 e. The average Bonchev–Trinajstić information content (AvgIpc) is 3.09. The van der Waals surface area contributed by atoms with Crippen LogP contribution in [0.4, 0.5) is 10.2 Å². The molecule has 0 bridgehead atoms. The van der Waals surface area contributed by atoms with Crippen molar-refractivity contribution in [1.29, 1.82) is 0 Å². The fourth-order valence-electron chi connectivity index (χ4n) is 3.40. The predicted molar refractivity (Wildman–Crippen MR) is 101 cm³/mol. The highest BCUT2D eigenvalue weighted by Crippen LogP contribution is 2.36. The molecule has 1 unspecified atom stereocenters. The maximum absolute atomic E-state index is 13.6. The van der Waals surface area contributed by atoms with E-state index in [1.54, 1.807) is 22.4 Å². The Balaban J connectivity index is 1.84. The molecule has 5 nitrogen and oxygen atoms in total. The monoisotopic (exact) mass is 364 g/mol. The van der Waals surface area contributed by atoms with Gasteiger partial charge in [-0.05, 0) is 54.5 Å². The van der Waals surface area contributed by atoms with E-state index >= 15 is 0 Å². The lowest BCUT2D eigenvalue weighted by Crippen LogP contribution is -2.00. The number of nitrogens with two attached hydrogens (primary N) is 1. The van der Waals surface area contributed by atoms with Crippen molar-refractivity contribution in [2.45, 2.75) is 11.8 Å².